The second kappa shape index (κ2) is 6.89. The molecule has 2 aromatic carbocycles. The molecule has 0 radical (unpaired) electrons. The smallest absolute Gasteiger partial charge is 0.227 e. The van der Waals surface area contributed by atoms with E-state index < -0.39 is 0 Å². The van der Waals surface area contributed by atoms with Gasteiger partial charge in [-0.25, -0.2) is 0 Å². The summed E-state index contributed by atoms with van der Waals surface area (Å²) in [5.41, 5.74) is 6.08. The summed E-state index contributed by atoms with van der Waals surface area (Å²) < 4.78 is 0. The summed E-state index contributed by atoms with van der Waals surface area (Å²) >= 11 is 0. The van der Waals surface area contributed by atoms with Crippen molar-refractivity contribution >= 4 is 17.3 Å². The van der Waals surface area contributed by atoms with Crippen molar-refractivity contribution in [2.75, 3.05) is 36.0 Å². The Balaban J connectivity index is 1.62. The molecule has 1 amide bonds. The number of benzene rings is 2. The minimum Gasteiger partial charge on any atom is -0.369 e. The number of carbonyl (C=O) groups excluding carboxylic acids is 1. The molecule has 1 N–H and O–H groups in total. The number of aryl methyl sites for hydroxylation is 2. The lowest BCUT2D eigenvalue weighted by Crippen LogP contribution is -2.43. The van der Waals surface area contributed by atoms with E-state index in [4.69, 9.17) is 0 Å². The monoisotopic (exact) mass is 335 g/mol. The number of amides is 1. The van der Waals surface area contributed by atoms with Crippen molar-refractivity contribution in [3.63, 3.8) is 0 Å². The molecule has 2 heterocycles. The van der Waals surface area contributed by atoms with E-state index >= 15 is 0 Å². The van der Waals surface area contributed by atoms with Gasteiger partial charge in [0.2, 0.25) is 5.91 Å². The van der Waals surface area contributed by atoms with Crippen molar-refractivity contribution in [3.8, 4) is 0 Å². The van der Waals surface area contributed by atoms with Crippen LogP contribution in [-0.2, 0) is 17.8 Å². The second-order valence-corrected chi connectivity index (χ2v) is 7.02. The van der Waals surface area contributed by atoms with Crippen LogP contribution in [0.3, 0.4) is 0 Å². The van der Waals surface area contributed by atoms with Crippen LogP contribution in [0, 0.1) is 6.92 Å². The molecule has 0 aromatic heterocycles. The van der Waals surface area contributed by atoms with E-state index in [0.29, 0.717) is 13.0 Å². The summed E-state index contributed by atoms with van der Waals surface area (Å²) in [7, 11) is 0. The van der Waals surface area contributed by atoms with Crippen LogP contribution in [0.15, 0.2) is 42.5 Å². The fourth-order valence-corrected chi connectivity index (χ4v) is 3.89. The Kier molecular flexibility index (Phi) is 4.45. The summed E-state index contributed by atoms with van der Waals surface area (Å²) in [5, 5.41) is 3.40. The minimum atomic E-state index is 0.226. The summed E-state index contributed by atoms with van der Waals surface area (Å²) in [4.78, 5) is 16.9. The van der Waals surface area contributed by atoms with Gasteiger partial charge < -0.3 is 15.1 Å². The number of hydrogen-bond acceptors (Lipinski definition) is 3. The Morgan fingerprint density at radius 1 is 1.04 bits per heavy atom. The maximum atomic E-state index is 12.5. The molecule has 1 fully saturated rings. The van der Waals surface area contributed by atoms with Gasteiger partial charge in [0.1, 0.15) is 0 Å². The van der Waals surface area contributed by atoms with Crippen LogP contribution in [0.2, 0.25) is 0 Å². The molecule has 2 aromatic rings. The lowest BCUT2D eigenvalue weighted by atomic mass is 10.00. The van der Waals surface area contributed by atoms with E-state index in [9.17, 15) is 4.79 Å². The van der Waals surface area contributed by atoms with Crippen molar-refractivity contribution < 1.29 is 4.79 Å². The number of nitrogens with one attached hydrogen (secondary N) is 1. The predicted octanol–water partition coefficient (Wildman–Crippen LogP) is 2.88. The highest BCUT2D eigenvalue weighted by Gasteiger charge is 2.24. The zero-order valence-corrected chi connectivity index (χ0v) is 14.8. The summed E-state index contributed by atoms with van der Waals surface area (Å²) in [6, 6.07) is 15.0. The molecule has 0 spiro atoms. The van der Waals surface area contributed by atoms with Gasteiger partial charge in [-0.2, -0.15) is 0 Å². The van der Waals surface area contributed by atoms with E-state index in [1.54, 1.807) is 0 Å². The van der Waals surface area contributed by atoms with Gasteiger partial charge in [0.05, 0.1) is 6.54 Å². The molecule has 0 atom stereocenters. The van der Waals surface area contributed by atoms with Crippen molar-refractivity contribution in [2.45, 2.75) is 26.3 Å². The summed E-state index contributed by atoms with van der Waals surface area (Å²) in [6.07, 6.45) is 1.46. The fourth-order valence-electron chi connectivity index (χ4n) is 3.89. The number of piperazine rings is 1. The number of hydrogen-bond donors (Lipinski definition) is 1. The van der Waals surface area contributed by atoms with Crippen LogP contribution in [-0.4, -0.2) is 32.1 Å². The van der Waals surface area contributed by atoms with Gasteiger partial charge in [-0.1, -0.05) is 24.3 Å². The normalized spacial score (nSPS) is 17.6. The van der Waals surface area contributed by atoms with E-state index in [-0.39, 0.29) is 5.91 Å². The molecule has 25 heavy (non-hydrogen) atoms. The molecule has 0 aliphatic carbocycles. The molecule has 1 saturated heterocycles. The summed E-state index contributed by atoms with van der Waals surface area (Å²) in [5.74, 6) is 0.226. The highest BCUT2D eigenvalue weighted by atomic mass is 16.2. The van der Waals surface area contributed by atoms with Crippen LogP contribution in [0.1, 0.15) is 23.1 Å². The lowest BCUT2D eigenvalue weighted by Gasteiger charge is -2.32. The van der Waals surface area contributed by atoms with Gasteiger partial charge in [0.25, 0.3) is 0 Å². The maximum Gasteiger partial charge on any atom is 0.227 e. The van der Waals surface area contributed by atoms with Crippen molar-refractivity contribution in [2.24, 2.45) is 0 Å². The van der Waals surface area contributed by atoms with Gasteiger partial charge >= 0.3 is 0 Å². The van der Waals surface area contributed by atoms with E-state index in [1.165, 1.54) is 22.4 Å². The number of carbonyl (C=O) groups is 1. The Hall–Kier alpha value is -2.33. The van der Waals surface area contributed by atoms with Gasteiger partial charge in [0.15, 0.2) is 0 Å². The van der Waals surface area contributed by atoms with Gasteiger partial charge in [-0.15, -0.1) is 0 Å². The lowest BCUT2D eigenvalue weighted by molar-refractivity contribution is -0.119. The summed E-state index contributed by atoms with van der Waals surface area (Å²) in [6.45, 7) is 6.92. The molecular weight excluding hydrogens is 310 g/mol. The predicted molar refractivity (Wildman–Crippen MR) is 102 cm³/mol. The third-order valence-electron chi connectivity index (χ3n) is 5.14. The number of anilines is 2. The largest absolute Gasteiger partial charge is 0.369 e. The number of fused-ring (bicyclic) bond motifs is 1. The van der Waals surface area contributed by atoms with Gasteiger partial charge in [0, 0.05) is 44.0 Å². The third kappa shape index (κ3) is 3.40. The van der Waals surface area contributed by atoms with Crippen LogP contribution in [0.25, 0.3) is 0 Å². The fraction of sp³-hybridized carbons (Fsp3) is 0.381. The van der Waals surface area contributed by atoms with Crippen molar-refractivity contribution in [1.29, 1.82) is 0 Å². The van der Waals surface area contributed by atoms with Crippen molar-refractivity contribution in [3.05, 3.63) is 59.2 Å². The van der Waals surface area contributed by atoms with E-state index in [0.717, 1.165) is 38.3 Å². The minimum absolute atomic E-state index is 0.226. The Morgan fingerprint density at radius 3 is 2.68 bits per heavy atom. The number of nitrogens with zero attached hydrogens (tertiary/aromatic N) is 2. The van der Waals surface area contributed by atoms with Gasteiger partial charge in [-0.05, 0) is 48.2 Å². The van der Waals surface area contributed by atoms with Crippen LogP contribution < -0.4 is 15.1 Å². The highest BCUT2D eigenvalue weighted by Crippen LogP contribution is 2.30. The average molecular weight is 335 g/mol. The molecule has 2 aliphatic rings. The second-order valence-electron chi connectivity index (χ2n) is 7.02. The average Bonchev–Trinajstić information content (AvgIpc) is 2.64. The Bertz CT molecular complexity index is 780. The standard InChI is InChI=1S/C21H25N3O/c1-16-12-17(14-19(13-16)23-10-8-22-9-11-23)15-24-20-5-3-2-4-18(20)6-7-21(24)25/h2-5,12-14,22H,6-11,15H2,1H3. The number of para-hydroxylation sites is 1. The highest BCUT2D eigenvalue weighted by molar-refractivity contribution is 5.96. The molecule has 0 saturated carbocycles. The van der Waals surface area contributed by atoms with E-state index in [1.807, 2.05) is 11.0 Å². The van der Waals surface area contributed by atoms with E-state index in [2.05, 4.69) is 53.5 Å². The van der Waals surface area contributed by atoms with Crippen LogP contribution in [0.4, 0.5) is 11.4 Å². The third-order valence-corrected chi connectivity index (χ3v) is 5.14. The SMILES string of the molecule is Cc1cc(CN2C(=O)CCc3ccccc32)cc(N2CCNCC2)c1. The Morgan fingerprint density at radius 2 is 1.84 bits per heavy atom. The molecule has 0 bridgehead atoms. The van der Waals surface area contributed by atoms with Gasteiger partial charge in [-0.3, -0.25) is 4.79 Å². The number of rotatable bonds is 3. The first-order valence-electron chi connectivity index (χ1n) is 9.15. The molecular formula is C21H25N3O. The molecule has 4 heteroatoms. The molecule has 2 aliphatic heterocycles. The quantitative estimate of drug-likeness (QED) is 0.937. The molecule has 0 unspecified atom stereocenters. The topological polar surface area (TPSA) is 35.6 Å². The van der Waals surface area contributed by atoms with Crippen molar-refractivity contribution in [1.82, 2.24) is 5.32 Å². The molecule has 4 nitrogen and oxygen atoms in total. The first kappa shape index (κ1) is 16.2. The first-order valence-corrected chi connectivity index (χ1v) is 9.15. The molecule has 4 rings (SSSR count). The Labute approximate surface area is 149 Å². The van der Waals surface area contributed by atoms with Crippen LogP contribution in [0.5, 0.6) is 0 Å². The zero-order chi connectivity index (χ0) is 17.2. The zero-order valence-electron chi connectivity index (χ0n) is 14.8. The maximum absolute atomic E-state index is 12.5. The first-order chi connectivity index (χ1) is 12.2. The molecule has 130 valence electrons. The van der Waals surface area contributed by atoms with Crippen LogP contribution >= 0.6 is 0 Å².